The molecule has 1 atom stereocenters. The Labute approximate surface area is 91.7 Å². The van der Waals surface area contributed by atoms with Crippen LogP contribution in [0.5, 0.6) is 0 Å². The van der Waals surface area contributed by atoms with E-state index < -0.39 is 0 Å². The van der Waals surface area contributed by atoms with Crippen LogP contribution in [0, 0.1) is 0 Å². The molecule has 0 aromatic carbocycles. The van der Waals surface area contributed by atoms with Gasteiger partial charge in [0.1, 0.15) is 6.04 Å². The molecule has 1 aromatic rings. The predicted octanol–water partition coefficient (Wildman–Crippen LogP) is 1.50. The molecule has 1 aliphatic heterocycles. The average molecular weight is 231 g/mol. The summed E-state index contributed by atoms with van der Waals surface area (Å²) in [6.07, 6.45) is 0. The Hall–Kier alpha value is -0.580. The van der Waals surface area contributed by atoms with Crippen molar-refractivity contribution in [2.75, 3.05) is 20.1 Å². The molecular formula is C9H11ClN2OS. The minimum atomic E-state index is -0.203. The molecule has 0 aliphatic carbocycles. The van der Waals surface area contributed by atoms with Gasteiger partial charge in [0, 0.05) is 25.0 Å². The van der Waals surface area contributed by atoms with Crippen molar-refractivity contribution in [3.05, 3.63) is 21.3 Å². The molecule has 1 saturated heterocycles. The number of nitrogens with zero attached hydrogens (tertiary/aromatic N) is 1. The molecule has 5 heteroatoms. The van der Waals surface area contributed by atoms with Gasteiger partial charge < -0.3 is 4.90 Å². The molecule has 0 radical (unpaired) electrons. The van der Waals surface area contributed by atoms with Crippen LogP contribution in [0.4, 0.5) is 0 Å². The first-order chi connectivity index (χ1) is 6.68. The molecule has 2 heterocycles. The van der Waals surface area contributed by atoms with Crippen LogP contribution >= 0.6 is 22.9 Å². The molecule has 1 amide bonds. The van der Waals surface area contributed by atoms with E-state index >= 15 is 0 Å². The smallest absolute Gasteiger partial charge is 0.244 e. The summed E-state index contributed by atoms with van der Waals surface area (Å²) in [6.45, 7) is 1.61. The molecule has 2 rings (SSSR count). The van der Waals surface area contributed by atoms with Gasteiger partial charge in [-0.15, -0.1) is 11.3 Å². The van der Waals surface area contributed by atoms with Gasteiger partial charge in [-0.05, 0) is 12.1 Å². The lowest BCUT2D eigenvalue weighted by Gasteiger charge is -2.29. The number of hydrogen-bond donors (Lipinski definition) is 1. The molecular weight excluding hydrogens is 220 g/mol. The van der Waals surface area contributed by atoms with Crippen LogP contribution in [0.2, 0.25) is 4.34 Å². The Morgan fingerprint density at radius 2 is 2.43 bits per heavy atom. The van der Waals surface area contributed by atoms with E-state index in [0.717, 1.165) is 22.3 Å². The van der Waals surface area contributed by atoms with Gasteiger partial charge in [0.15, 0.2) is 0 Å². The van der Waals surface area contributed by atoms with Gasteiger partial charge in [-0.2, -0.15) is 0 Å². The highest BCUT2D eigenvalue weighted by atomic mass is 35.5. The van der Waals surface area contributed by atoms with Crippen molar-refractivity contribution in [3.8, 4) is 0 Å². The van der Waals surface area contributed by atoms with E-state index in [1.165, 1.54) is 11.3 Å². The molecule has 76 valence electrons. The van der Waals surface area contributed by atoms with Crippen molar-refractivity contribution < 1.29 is 4.79 Å². The van der Waals surface area contributed by atoms with Crippen LogP contribution in [0.25, 0.3) is 0 Å². The van der Waals surface area contributed by atoms with E-state index in [1.54, 1.807) is 4.90 Å². The second kappa shape index (κ2) is 3.88. The lowest BCUT2D eigenvalue weighted by atomic mass is 10.1. The van der Waals surface area contributed by atoms with Gasteiger partial charge >= 0.3 is 0 Å². The van der Waals surface area contributed by atoms with Gasteiger partial charge in [-0.1, -0.05) is 11.6 Å². The second-order valence-corrected chi connectivity index (χ2v) is 5.04. The zero-order valence-corrected chi connectivity index (χ0v) is 9.36. The SMILES string of the molecule is CN1CCNC(c2ccc(Cl)s2)C1=O. The highest BCUT2D eigenvalue weighted by Crippen LogP contribution is 2.28. The van der Waals surface area contributed by atoms with Crippen LogP contribution in [-0.2, 0) is 4.79 Å². The summed E-state index contributed by atoms with van der Waals surface area (Å²) in [5, 5.41) is 3.19. The van der Waals surface area contributed by atoms with Crippen molar-refractivity contribution in [1.29, 1.82) is 0 Å². The number of nitrogens with one attached hydrogen (secondary N) is 1. The molecule has 1 aliphatic rings. The number of carbonyl (C=O) groups is 1. The third-order valence-corrected chi connectivity index (χ3v) is 3.59. The monoisotopic (exact) mass is 230 g/mol. The predicted molar refractivity (Wildman–Crippen MR) is 57.7 cm³/mol. The van der Waals surface area contributed by atoms with Gasteiger partial charge in [0.05, 0.1) is 4.34 Å². The number of amides is 1. The van der Waals surface area contributed by atoms with Crippen molar-refractivity contribution >= 4 is 28.8 Å². The molecule has 0 bridgehead atoms. The third kappa shape index (κ3) is 1.78. The third-order valence-electron chi connectivity index (χ3n) is 2.30. The lowest BCUT2D eigenvalue weighted by Crippen LogP contribution is -2.47. The Kier molecular flexibility index (Phi) is 2.76. The molecule has 1 fully saturated rings. The number of hydrogen-bond acceptors (Lipinski definition) is 3. The first-order valence-electron chi connectivity index (χ1n) is 4.42. The summed E-state index contributed by atoms with van der Waals surface area (Å²) in [5.74, 6) is 0.120. The van der Waals surface area contributed by atoms with Crippen LogP contribution < -0.4 is 5.32 Å². The molecule has 3 nitrogen and oxygen atoms in total. The van der Waals surface area contributed by atoms with E-state index in [2.05, 4.69) is 5.32 Å². The molecule has 0 saturated carbocycles. The average Bonchev–Trinajstić information content (AvgIpc) is 2.57. The fourth-order valence-corrected chi connectivity index (χ4v) is 2.63. The molecule has 1 unspecified atom stereocenters. The number of rotatable bonds is 1. The van der Waals surface area contributed by atoms with E-state index in [1.807, 2.05) is 19.2 Å². The van der Waals surface area contributed by atoms with Gasteiger partial charge in [-0.25, -0.2) is 0 Å². The van der Waals surface area contributed by atoms with Crippen molar-refractivity contribution in [2.24, 2.45) is 0 Å². The summed E-state index contributed by atoms with van der Waals surface area (Å²) in [4.78, 5) is 14.5. The zero-order chi connectivity index (χ0) is 10.1. The second-order valence-electron chi connectivity index (χ2n) is 3.29. The maximum absolute atomic E-state index is 11.8. The molecule has 0 spiro atoms. The Balaban J connectivity index is 2.21. The highest BCUT2D eigenvalue weighted by molar-refractivity contribution is 7.16. The maximum Gasteiger partial charge on any atom is 0.244 e. The van der Waals surface area contributed by atoms with Crippen LogP contribution in [0.1, 0.15) is 10.9 Å². The molecule has 1 aromatic heterocycles. The van der Waals surface area contributed by atoms with E-state index in [-0.39, 0.29) is 11.9 Å². The summed E-state index contributed by atoms with van der Waals surface area (Å²) in [6, 6.07) is 3.53. The minimum absolute atomic E-state index is 0.120. The summed E-state index contributed by atoms with van der Waals surface area (Å²) < 4.78 is 0.725. The maximum atomic E-state index is 11.8. The van der Waals surface area contributed by atoms with Crippen LogP contribution in [0.3, 0.4) is 0 Å². The fourth-order valence-electron chi connectivity index (χ4n) is 1.50. The van der Waals surface area contributed by atoms with Crippen LogP contribution in [0.15, 0.2) is 12.1 Å². The number of halogens is 1. The number of carbonyl (C=O) groups excluding carboxylic acids is 1. The normalized spacial score (nSPS) is 22.9. The van der Waals surface area contributed by atoms with Crippen molar-refractivity contribution in [2.45, 2.75) is 6.04 Å². The standard InChI is InChI=1S/C9H11ClN2OS/c1-12-5-4-11-8(9(12)13)6-2-3-7(10)14-6/h2-3,8,11H,4-5H2,1H3. The lowest BCUT2D eigenvalue weighted by molar-refractivity contribution is -0.134. The van der Waals surface area contributed by atoms with E-state index in [4.69, 9.17) is 11.6 Å². The van der Waals surface area contributed by atoms with Gasteiger partial charge in [0.2, 0.25) is 5.91 Å². The van der Waals surface area contributed by atoms with Crippen LogP contribution in [-0.4, -0.2) is 30.9 Å². The fraction of sp³-hybridized carbons (Fsp3) is 0.444. The Morgan fingerprint density at radius 1 is 1.64 bits per heavy atom. The topological polar surface area (TPSA) is 32.3 Å². The van der Waals surface area contributed by atoms with E-state index in [9.17, 15) is 4.79 Å². The van der Waals surface area contributed by atoms with Gasteiger partial charge in [0.25, 0.3) is 0 Å². The number of likely N-dealkylation sites (N-methyl/N-ethyl adjacent to an activating group) is 1. The Bertz CT molecular complexity index is 352. The largest absolute Gasteiger partial charge is 0.343 e. The number of piperazine rings is 1. The van der Waals surface area contributed by atoms with Crippen molar-refractivity contribution in [1.82, 2.24) is 10.2 Å². The van der Waals surface area contributed by atoms with Gasteiger partial charge in [-0.3, -0.25) is 10.1 Å². The Morgan fingerprint density at radius 3 is 3.07 bits per heavy atom. The summed E-state index contributed by atoms with van der Waals surface area (Å²) in [7, 11) is 1.82. The molecule has 14 heavy (non-hydrogen) atoms. The minimum Gasteiger partial charge on any atom is -0.343 e. The number of thiophene rings is 1. The first kappa shape index (κ1) is 9.96. The summed E-state index contributed by atoms with van der Waals surface area (Å²) in [5.41, 5.74) is 0. The quantitative estimate of drug-likeness (QED) is 0.793. The first-order valence-corrected chi connectivity index (χ1v) is 5.61. The van der Waals surface area contributed by atoms with E-state index in [0.29, 0.717) is 0 Å². The highest BCUT2D eigenvalue weighted by Gasteiger charge is 2.28. The zero-order valence-electron chi connectivity index (χ0n) is 7.79. The van der Waals surface area contributed by atoms with Crippen molar-refractivity contribution in [3.63, 3.8) is 0 Å². The summed E-state index contributed by atoms with van der Waals surface area (Å²) >= 11 is 7.29. The molecule has 1 N–H and O–H groups in total.